The van der Waals surface area contributed by atoms with Crippen LogP contribution in [0, 0.1) is 0 Å². The zero-order valence-corrected chi connectivity index (χ0v) is 14.1. The SMILES string of the molecule is COc1ccc(-c2cc(C(F)(F)F)nn2-c2ccc(NC(N)=O)cc2)cc1. The van der Waals surface area contributed by atoms with E-state index in [2.05, 4.69) is 10.4 Å². The van der Waals surface area contributed by atoms with Gasteiger partial charge in [-0.25, -0.2) is 9.48 Å². The minimum Gasteiger partial charge on any atom is -0.497 e. The van der Waals surface area contributed by atoms with Crippen LogP contribution in [-0.4, -0.2) is 22.9 Å². The summed E-state index contributed by atoms with van der Waals surface area (Å²) in [4.78, 5) is 10.9. The fraction of sp³-hybridized carbons (Fsp3) is 0.111. The Morgan fingerprint density at radius 3 is 2.26 bits per heavy atom. The van der Waals surface area contributed by atoms with E-state index in [1.165, 1.54) is 36.1 Å². The Balaban J connectivity index is 2.07. The molecule has 1 heterocycles. The number of primary amides is 1. The number of carbonyl (C=O) groups excluding carboxylic acids is 1. The van der Waals surface area contributed by atoms with Gasteiger partial charge >= 0.3 is 12.2 Å². The molecule has 140 valence electrons. The van der Waals surface area contributed by atoms with E-state index in [-0.39, 0.29) is 5.69 Å². The third kappa shape index (κ3) is 4.02. The summed E-state index contributed by atoms with van der Waals surface area (Å²) in [6, 6.07) is 13.0. The molecule has 0 atom stereocenters. The number of nitrogens with two attached hydrogens (primary N) is 1. The molecule has 6 nitrogen and oxygen atoms in total. The molecule has 27 heavy (non-hydrogen) atoms. The number of urea groups is 1. The number of carbonyl (C=O) groups is 1. The molecule has 0 fully saturated rings. The van der Waals surface area contributed by atoms with Gasteiger partial charge in [-0.15, -0.1) is 0 Å². The summed E-state index contributed by atoms with van der Waals surface area (Å²) < 4.78 is 45.8. The number of nitrogens with zero attached hydrogens (tertiary/aromatic N) is 2. The molecule has 1 aromatic heterocycles. The van der Waals surface area contributed by atoms with E-state index in [0.717, 1.165) is 6.07 Å². The van der Waals surface area contributed by atoms with Crippen LogP contribution in [0.4, 0.5) is 23.7 Å². The molecule has 0 radical (unpaired) electrons. The number of halogens is 3. The number of rotatable bonds is 4. The quantitative estimate of drug-likeness (QED) is 0.720. The predicted molar refractivity (Wildman–Crippen MR) is 93.8 cm³/mol. The molecule has 0 spiro atoms. The van der Waals surface area contributed by atoms with Gasteiger partial charge in [-0.1, -0.05) is 0 Å². The highest BCUT2D eigenvalue weighted by Gasteiger charge is 2.35. The lowest BCUT2D eigenvalue weighted by Crippen LogP contribution is -2.19. The third-order valence-electron chi connectivity index (χ3n) is 3.76. The summed E-state index contributed by atoms with van der Waals surface area (Å²) in [5, 5.41) is 6.10. The van der Waals surface area contributed by atoms with Crippen LogP contribution < -0.4 is 15.8 Å². The summed E-state index contributed by atoms with van der Waals surface area (Å²) in [6.45, 7) is 0. The molecule has 0 unspecified atom stereocenters. The summed E-state index contributed by atoms with van der Waals surface area (Å²) in [5.74, 6) is 0.586. The topological polar surface area (TPSA) is 82.2 Å². The lowest BCUT2D eigenvalue weighted by molar-refractivity contribution is -0.141. The average molecular weight is 376 g/mol. The Bertz CT molecular complexity index is 948. The third-order valence-corrected chi connectivity index (χ3v) is 3.76. The predicted octanol–water partition coefficient (Wildman–Crippen LogP) is 4.06. The fourth-order valence-corrected chi connectivity index (χ4v) is 2.51. The van der Waals surface area contributed by atoms with Gasteiger partial charge in [0.25, 0.3) is 0 Å². The van der Waals surface area contributed by atoms with Crippen molar-refractivity contribution in [2.24, 2.45) is 5.73 Å². The van der Waals surface area contributed by atoms with Crippen molar-refractivity contribution in [1.29, 1.82) is 0 Å². The Labute approximate surface area is 152 Å². The minimum absolute atomic E-state index is 0.264. The average Bonchev–Trinajstić information content (AvgIpc) is 3.08. The van der Waals surface area contributed by atoms with E-state index in [4.69, 9.17) is 10.5 Å². The standard InChI is InChI=1S/C18H15F3N4O2/c1-27-14-8-2-11(3-9-14)15-10-16(18(19,20)21)24-25(15)13-6-4-12(5-7-13)23-17(22)26/h2-10H,1H3,(H3,22,23,26). The summed E-state index contributed by atoms with van der Waals surface area (Å²) in [5.41, 5.74) is 5.66. The fourth-order valence-electron chi connectivity index (χ4n) is 2.51. The van der Waals surface area contributed by atoms with Crippen LogP contribution in [0.1, 0.15) is 5.69 Å². The molecule has 3 rings (SSSR count). The molecule has 3 aromatic rings. The van der Waals surface area contributed by atoms with Crippen molar-refractivity contribution in [2.75, 3.05) is 12.4 Å². The van der Waals surface area contributed by atoms with Crippen molar-refractivity contribution >= 4 is 11.7 Å². The second-order valence-electron chi connectivity index (χ2n) is 5.59. The van der Waals surface area contributed by atoms with Crippen molar-refractivity contribution in [3.8, 4) is 22.7 Å². The molecule has 0 aliphatic heterocycles. The van der Waals surface area contributed by atoms with Crippen molar-refractivity contribution < 1.29 is 22.7 Å². The second kappa shape index (κ2) is 7.02. The lowest BCUT2D eigenvalue weighted by atomic mass is 10.1. The summed E-state index contributed by atoms with van der Waals surface area (Å²) >= 11 is 0. The van der Waals surface area contributed by atoms with E-state index in [1.54, 1.807) is 24.3 Å². The number of ether oxygens (including phenoxy) is 1. The van der Waals surface area contributed by atoms with E-state index >= 15 is 0 Å². The largest absolute Gasteiger partial charge is 0.497 e. The van der Waals surface area contributed by atoms with Gasteiger partial charge in [-0.2, -0.15) is 18.3 Å². The molecule has 9 heteroatoms. The molecule has 0 saturated heterocycles. The molecular weight excluding hydrogens is 361 g/mol. The van der Waals surface area contributed by atoms with E-state index in [1.807, 2.05) is 0 Å². The highest BCUT2D eigenvalue weighted by atomic mass is 19.4. The smallest absolute Gasteiger partial charge is 0.435 e. The Morgan fingerprint density at radius 2 is 1.74 bits per heavy atom. The van der Waals surface area contributed by atoms with Gasteiger partial charge in [0.2, 0.25) is 0 Å². The van der Waals surface area contributed by atoms with Gasteiger partial charge in [0.05, 0.1) is 18.5 Å². The van der Waals surface area contributed by atoms with Crippen LogP contribution in [-0.2, 0) is 6.18 Å². The number of hydrogen-bond acceptors (Lipinski definition) is 3. The number of methoxy groups -OCH3 is 1. The summed E-state index contributed by atoms with van der Waals surface area (Å²) in [6.07, 6.45) is -4.58. The Morgan fingerprint density at radius 1 is 1.11 bits per heavy atom. The van der Waals surface area contributed by atoms with Crippen LogP contribution in [0.3, 0.4) is 0 Å². The number of benzene rings is 2. The Hall–Kier alpha value is -3.49. The highest BCUT2D eigenvalue weighted by Crippen LogP contribution is 2.33. The van der Waals surface area contributed by atoms with Crippen molar-refractivity contribution in [3.63, 3.8) is 0 Å². The van der Waals surface area contributed by atoms with Gasteiger partial charge in [-0.05, 0) is 54.6 Å². The molecule has 2 amide bonds. The summed E-state index contributed by atoms with van der Waals surface area (Å²) in [7, 11) is 1.50. The number of amides is 2. The number of aromatic nitrogens is 2. The molecule has 3 N–H and O–H groups in total. The number of anilines is 1. The van der Waals surface area contributed by atoms with E-state index in [9.17, 15) is 18.0 Å². The molecule has 0 bridgehead atoms. The van der Waals surface area contributed by atoms with Crippen molar-refractivity contribution in [3.05, 3.63) is 60.3 Å². The van der Waals surface area contributed by atoms with E-state index in [0.29, 0.717) is 22.7 Å². The first-order valence-electron chi connectivity index (χ1n) is 7.76. The van der Waals surface area contributed by atoms with E-state index < -0.39 is 17.9 Å². The Kier molecular flexibility index (Phi) is 4.76. The number of alkyl halides is 3. The first-order valence-corrected chi connectivity index (χ1v) is 7.76. The number of hydrogen-bond donors (Lipinski definition) is 2. The molecule has 0 saturated carbocycles. The maximum atomic E-state index is 13.2. The van der Waals surface area contributed by atoms with Crippen LogP contribution in [0.25, 0.3) is 16.9 Å². The molecule has 0 aliphatic carbocycles. The second-order valence-corrected chi connectivity index (χ2v) is 5.59. The lowest BCUT2D eigenvalue weighted by Gasteiger charge is -2.09. The normalized spacial score (nSPS) is 11.3. The molecule has 2 aromatic carbocycles. The van der Waals surface area contributed by atoms with Crippen molar-refractivity contribution in [1.82, 2.24) is 9.78 Å². The van der Waals surface area contributed by atoms with Crippen LogP contribution >= 0.6 is 0 Å². The maximum Gasteiger partial charge on any atom is 0.435 e. The van der Waals surface area contributed by atoms with Crippen molar-refractivity contribution in [2.45, 2.75) is 6.18 Å². The zero-order chi connectivity index (χ0) is 19.6. The van der Waals surface area contributed by atoms with Gasteiger partial charge in [0.15, 0.2) is 5.69 Å². The van der Waals surface area contributed by atoms with Gasteiger partial charge < -0.3 is 15.8 Å². The van der Waals surface area contributed by atoms with Crippen LogP contribution in [0.15, 0.2) is 54.6 Å². The van der Waals surface area contributed by atoms with Gasteiger partial charge in [0.1, 0.15) is 5.75 Å². The zero-order valence-electron chi connectivity index (χ0n) is 14.1. The molecular formula is C18H15F3N4O2. The van der Waals surface area contributed by atoms with Crippen LogP contribution in [0.5, 0.6) is 5.75 Å². The number of nitrogens with one attached hydrogen (secondary N) is 1. The minimum atomic E-state index is -4.58. The first-order chi connectivity index (χ1) is 12.8. The maximum absolute atomic E-state index is 13.2. The van der Waals surface area contributed by atoms with Gasteiger partial charge in [0, 0.05) is 11.3 Å². The van der Waals surface area contributed by atoms with Gasteiger partial charge in [-0.3, -0.25) is 0 Å². The first kappa shape index (κ1) is 18.3. The highest BCUT2D eigenvalue weighted by molar-refractivity contribution is 5.87. The molecule has 0 aliphatic rings. The monoisotopic (exact) mass is 376 g/mol. The van der Waals surface area contributed by atoms with Crippen LogP contribution in [0.2, 0.25) is 0 Å².